The number of carbonyl (C=O) groups excluding carboxylic acids is 1. The Morgan fingerprint density at radius 1 is 1.04 bits per heavy atom. The van der Waals surface area contributed by atoms with Crippen molar-refractivity contribution in [2.45, 2.75) is 18.3 Å². The van der Waals surface area contributed by atoms with E-state index < -0.39 is 4.92 Å². The van der Waals surface area contributed by atoms with Crippen molar-refractivity contribution in [1.82, 2.24) is 0 Å². The second kappa shape index (κ2) is 6.66. The van der Waals surface area contributed by atoms with E-state index in [1.54, 1.807) is 25.3 Å². The second-order valence-corrected chi connectivity index (χ2v) is 5.75. The van der Waals surface area contributed by atoms with Gasteiger partial charge in [0.2, 0.25) is 0 Å². The monoisotopic (exact) mass is 323 g/mol. The minimum Gasteiger partial charge on any atom is -0.497 e. The van der Waals surface area contributed by atoms with Crippen LogP contribution in [0.4, 0.5) is 5.69 Å². The van der Waals surface area contributed by atoms with Gasteiger partial charge in [0.25, 0.3) is 5.69 Å². The van der Waals surface area contributed by atoms with Crippen LogP contribution >= 0.6 is 0 Å². The molecule has 2 aromatic rings. The third-order valence-electron chi connectivity index (χ3n) is 4.39. The van der Waals surface area contributed by atoms with Gasteiger partial charge in [-0.1, -0.05) is 30.3 Å². The number of ether oxygens (including phenoxy) is 1. The fourth-order valence-electron chi connectivity index (χ4n) is 3.15. The molecule has 5 nitrogen and oxygen atoms in total. The molecule has 2 aromatic carbocycles. The summed E-state index contributed by atoms with van der Waals surface area (Å²) in [4.78, 5) is 22.9. The Hall–Kier alpha value is -2.95. The van der Waals surface area contributed by atoms with Gasteiger partial charge in [0, 0.05) is 18.1 Å². The summed E-state index contributed by atoms with van der Waals surface area (Å²) < 4.78 is 5.18. The maximum absolute atomic E-state index is 12.5. The Balaban J connectivity index is 1.96. The lowest BCUT2D eigenvalue weighted by atomic mass is 9.74. The zero-order valence-electron chi connectivity index (χ0n) is 13.2. The van der Waals surface area contributed by atoms with E-state index in [0.717, 1.165) is 23.3 Å². The summed E-state index contributed by atoms with van der Waals surface area (Å²) in [6.07, 6.45) is 4.24. The molecule has 0 unspecified atom stereocenters. The Bertz CT molecular complexity index is 778. The van der Waals surface area contributed by atoms with Crippen LogP contribution in [-0.4, -0.2) is 17.8 Å². The molecule has 0 bridgehead atoms. The number of hydrogen-bond acceptors (Lipinski definition) is 4. The Morgan fingerprint density at radius 2 is 1.67 bits per heavy atom. The lowest BCUT2D eigenvalue weighted by Gasteiger charge is -2.28. The first-order chi connectivity index (χ1) is 11.6. The van der Waals surface area contributed by atoms with Gasteiger partial charge < -0.3 is 4.74 Å². The van der Waals surface area contributed by atoms with E-state index in [0.29, 0.717) is 0 Å². The summed E-state index contributed by atoms with van der Waals surface area (Å²) in [5.41, 5.74) is 1.88. The van der Waals surface area contributed by atoms with Crippen molar-refractivity contribution >= 4 is 11.5 Å². The van der Waals surface area contributed by atoms with E-state index in [4.69, 9.17) is 4.74 Å². The molecule has 122 valence electrons. The van der Waals surface area contributed by atoms with Crippen LogP contribution in [-0.2, 0) is 4.79 Å². The maximum atomic E-state index is 12.5. The molecule has 0 spiro atoms. The van der Waals surface area contributed by atoms with E-state index in [1.165, 1.54) is 12.1 Å². The normalized spacial score (nSPS) is 20.0. The summed E-state index contributed by atoms with van der Waals surface area (Å²) in [5, 5.41) is 10.8. The molecule has 0 aliphatic heterocycles. The molecule has 24 heavy (non-hydrogen) atoms. The molecule has 0 saturated carbocycles. The molecular formula is C19H17NO4. The van der Waals surface area contributed by atoms with E-state index in [9.17, 15) is 14.9 Å². The van der Waals surface area contributed by atoms with Crippen LogP contribution in [0.5, 0.6) is 5.75 Å². The van der Waals surface area contributed by atoms with Gasteiger partial charge in [-0.25, -0.2) is 0 Å². The molecule has 0 saturated heterocycles. The second-order valence-electron chi connectivity index (χ2n) is 5.75. The molecule has 0 amide bonds. The lowest BCUT2D eigenvalue weighted by Crippen LogP contribution is -2.22. The number of hydrogen-bond donors (Lipinski definition) is 0. The van der Waals surface area contributed by atoms with E-state index in [-0.39, 0.29) is 23.3 Å². The average Bonchev–Trinajstić information content (AvgIpc) is 2.61. The van der Waals surface area contributed by atoms with Gasteiger partial charge in [-0.3, -0.25) is 14.9 Å². The highest BCUT2D eigenvalue weighted by Gasteiger charge is 2.31. The van der Waals surface area contributed by atoms with Gasteiger partial charge in [0.05, 0.1) is 18.0 Å². The predicted octanol–water partition coefficient (Wildman–Crippen LogP) is 4.00. The smallest absolute Gasteiger partial charge is 0.269 e. The number of allylic oxidation sites excluding steroid dienone is 2. The number of carbonyl (C=O) groups is 1. The van der Waals surface area contributed by atoms with Crippen molar-refractivity contribution in [1.29, 1.82) is 0 Å². The number of ketones is 1. The molecule has 5 heteroatoms. The fraction of sp³-hybridized carbons (Fsp3) is 0.211. The third kappa shape index (κ3) is 3.06. The highest BCUT2D eigenvalue weighted by molar-refractivity contribution is 5.97. The minimum absolute atomic E-state index is 0.00913. The van der Waals surface area contributed by atoms with E-state index in [2.05, 4.69) is 0 Å². The van der Waals surface area contributed by atoms with Crippen LogP contribution in [0.25, 0.3) is 0 Å². The molecule has 0 radical (unpaired) electrons. The summed E-state index contributed by atoms with van der Waals surface area (Å²) >= 11 is 0. The van der Waals surface area contributed by atoms with Crippen LogP contribution in [0.1, 0.15) is 29.4 Å². The van der Waals surface area contributed by atoms with Crippen LogP contribution in [0.3, 0.4) is 0 Å². The van der Waals surface area contributed by atoms with Crippen molar-refractivity contribution in [3.8, 4) is 5.75 Å². The van der Waals surface area contributed by atoms with Gasteiger partial charge >= 0.3 is 0 Å². The topological polar surface area (TPSA) is 69.4 Å². The number of nitro benzene ring substituents is 1. The van der Waals surface area contributed by atoms with Gasteiger partial charge in [0.1, 0.15) is 5.75 Å². The number of methoxy groups -OCH3 is 1. The zero-order chi connectivity index (χ0) is 17.1. The van der Waals surface area contributed by atoms with Crippen LogP contribution < -0.4 is 4.74 Å². The van der Waals surface area contributed by atoms with Crippen LogP contribution in [0, 0.1) is 10.1 Å². The van der Waals surface area contributed by atoms with Gasteiger partial charge in [0.15, 0.2) is 5.78 Å². The number of benzene rings is 2. The summed E-state index contributed by atoms with van der Waals surface area (Å²) in [7, 11) is 1.61. The first-order valence-electron chi connectivity index (χ1n) is 7.69. The van der Waals surface area contributed by atoms with Crippen molar-refractivity contribution in [2.75, 3.05) is 7.11 Å². The quantitative estimate of drug-likeness (QED) is 0.630. The zero-order valence-corrected chi connectivity index (χ0v) is 13.2. The average molecular weight is 323 g/mol. The Labute approximate surface area is 139 Å². The predicted molar refractivity (Wildman–Crippen MR) is 90.3 cm³/mol. The summed E-state index contributed by atoms with van der Waals surface area (Å²) in [5.74, 6) is 0.471. The standard InChI is InChI=1S/C19H17NO4/c1-24-16-11-7-13(8-12-16)17-3-2-4-18(21)19(17)14-5-9-15(10-6-14)20(22)23/h2,4-12,17,19H,3H2,1H3/t17-,19-/m0/s1. The first kappa shape index (κ1) is 15.9. The molecule has 0 fully saturated rings. The molecule has 0 N–H and O–H groups in total. The third-order valence-corrected chi connectivity index (χ3v) is 4.39. The molecular weight excluding hydrogens is 306 g/mol. The molecule has 0 heterocycles. The fourth-order valence-corrected chi connectivity index (χ4v) is 3.15. The van der Waals surface area contributed by atoms with Crippen LogP contribution in [0.15, 0.2) is 60.7 Å². The summed E-state index contributed by atoms with van der Waals surface area (Å²) in [6, 6.07) is 13.9. The molecule has 2 atom stereocenters. The molecule has 1 aliphatic carbocycles. The SMILES string of the molecule is COc1ccc([C@@H]2CC=CC(=O)[C@H]2c2ccc([N+](=O)[O-])cc2)cc1. The van der Waals surface area contributed by atoms with Gasteiger partial charge in [-0.15, -0.1) is 0 Å². The van der Waals surface area contributed by atoms with Crippen LogP contribution in [0.2, 0.25) is 0 Å². The van der Waals surface area contributed by atoms with Crippen molar-refractivity contribution in [3.05, 3.63) is 81.9 Å². The van der Waals surface area contributed by atoms with Crippen molar-refractivity contribution < 1.29 is 14.5 Å². The van der Waals surface area contributed by atoms with Crippen molar-refractivity contribution in [3.63, 3.8) is 0 Å². The number of nitrogens with zero attached hydrogens (tertiary/aromatic N) is 1. The van der Waals surface area contributed by atoms with E-state index in [1.807, 2.05) is 30.3 Å². The Morgan fingerprint density at radius 3 is 2.25 bits per heavy atom. The van der Waals surface area contributed by atoms with Crippen molar-refractivity contribution in [2.24, 2.45) is 0 Å². The van der Waals surface area contributed by atoms with Gasteiger partial charge in [-0.05, 0) is 35.8 Å². The maximum Gasteiger partial charge on any atom is 0.269 e. The largest absolute Gasteiger partial charge is 0.497 e. The van der Waals surface area contributed by atoms with E-state index >= 15 is 0 Å². The number of nitro groups is 1. The molecule has 1 aliphatic rings. The highest BCUT2D eigenvalue weighted by atomic mass is 16.6. The highest BCUT2D eigenvalue weighted by Crippen LogP contribution is 2.40. The first-order valence-corrected chi connectivity index (χ1v) is 7.69. The molecule has 0 aromatic heterocycles. The molecule has 3 rings (SSSR count). The minimum atomic E-state index is -0.437. The number of non-ortho nitro benzene ring substituents is 1. The van der Waals surface area contributed by atoms with Gasteiger partial charge in [-0.2, -0.15) is 0 Å². The lowest BCUT2D eigenvalue weighted by molar-refractivity contribution is -0.384. The summed E-state index contributed by atoms with van der Waals surface area (Å²) in [6.45, 7) is 0. The Kier molecular flexibility index (Phi) is 4.42. The number of rotatable bonds is 4.